The predicted molar refractivity (Wildman–Crippen MR) is 89.7 cm³/mol. The number of hydrogen-bond donors (Lipinski definition) is 2. The normalized spacial score (nSPS) is 20.8. The third-order valence-electron chi connectivity index (χ3n) is 4.30. The summed E-state index contributed by atoms with van der Waals surface area (Å²) in [6.45, 7) is 3.15. The molecule has 2 heterocycles. The van der Waals surface area contributed by atoms with Crippen molar-refractivity contribution in [3.8, 4) is 5.75 Å². The second-order valence-electron chi connectivity index (χ2n) is 6.50. The van der Waals surface area contributed by atoms with Crippen LogP contribution in [0.15, 0.2) is 36.8 Å². The van der Waals surface area contributed by atoms with Crippen LogP contribution in [0.3, 0.4) is 0 Å². The first-order valence-electron chi connectivity index (χ1n) is 8.21. The summed E-state index contributed by atoms with van der Waals surface area (Å²) < 4.78 is 5.76. The number of carbonyl (C=O) groups excluding carboxylic acids is 1. The number of benzene rings is 1. The van der Waals surface area contributed by atoms with Gasteiger partial charge in [0.25, 0.3) is 0 Å². The Bertz CT molecular complexity index is 687. The molecular weight excluding hydrogens is 306 g/mol. The van der Waals surface area contributed by atoms with Gasteiger partial charge in [0.15, 0.2) is 0 Å². The van der Waals surface area contributed by atoms with Crippen LogP contribution >= 0.6 is 0 Å². The fourth-order valence-corrected chi connectivity index (χ4v) is 3.02. The van der Waals surface area contributed by atoms with E-state index >= 15 is 0 Å². The standard InChI is InChI=1S/C18H23N3O3/c1-14-4-2-5-16(8-14)24-12-18(23)6-3-7-21(11-18)17(22)9-15-10-19-13-20-15/h2,4-5,8,10,13,23H,3,6-7,9,11-12H2,1H3,(H,19,20). The average Bonchev–Trinajstić information content (AvgIpc) is 3.06. The molecule has 0 saturated carbocycles. The van der Waals surface area contributed by atoms with E-state index in [1.165, 1.54) is 0 Å². The van der Waals surface area contributed by atoms with Gasteiger partial charge >= 0.3 is 0 Å². The van der Waals surface area contributed by atoms with E-state index in [0.717, 1.165) is 23.4 Å². The SMILES string of the molecule is Cc1cccc(OCC2(O)CCCN(C(=O)Cc3cnc[nH]3)C2)c1. The number of aryl methyl sites for hydroxylation is 1. The molecule has 1 aliphatic heterocycles. The summed E-state index contributed by atoms with van der Waals surface area (Å²) >= 11 is 0. The lowest BCUT2D eigenvalue weighted by molar-refractivity contribution is -0.139. The van der Waals surface area contributed by atoms with Gasteiger partial charge in [-0.05, 0) is 37.5 Å². The van der Waals surface area contributed by atoms with Crippen LogP contribution in [0.2, 0.25) is 0 Å². The molecule has 1 aromatic heterocycles. The molecular formula is C18H23N3O3. The highest BCUT2D eigenvalue weighted by atomic mass is 16.5. The molecule has 1 amide bonds. The van der Waals surface area contributed by atoms with Crippen LogP contribution in [0.1, 0.15) is 24.1 Å². The molecule has 1 aliphatic rings. The van der Waals surface area contributed by atoms with Crippen molar-refractivity contribution in [3.63, 3.8) is 0 Å². The first kappa shape index (κ1) is 16.5. The number of aliphatic hydroxyl groups is 1. The van der Waals surface area contributed by atoms with Crippen molar-refractivity contribution in [3.05, 3.63) is 48.0 Å². The van der Waals surface area contributed by atoms with Gasteiger partial charge in [0.05, 0.1) is 19.3 Å². The zero-order chi connectivity index (χ0) is 17.0. The number of amides is 1. The number of hydrogen-bond acceptors (Lipinski definition) is 4. The van der Waals surface area contributed by atoms with E-state index in [4.69, 9.17) is 4.74 Å². The smallest absolute Gasteiger partial charge is 0.228 e. The molecule has 1 fully saturated rings. The third kappa shape index (κ3) is 4.14. The maximum absolute atomic E-state index is 12.4. The lowest BCUT2D eigenvalue weighted by Crippen LogP contribution is -2.53. The summed E-state index contributed by atoms with van der Waals surface area (Å²) in [5.74, 6) is 0.734. The van der Waals surface area contributed by atoms with Crippen LogP contribution in [0.5, 0.6) is 5.75 Å². The van der Waals surface area contributed by atoms with Crippen LogP contribution in [0, 0.1) is 6.92 Å². The highest BCUT2D eigenvalue weighted by Gasteiger charge is 2.36. The minimum Gasteiger partial charge on any atom is -0.491 e. The molecule has 1 saturated heterocycles. The zero-order valence-electron chi connectivity index (χ0n) is 13.9. The number of imidazole rings is 1. The maximum atomic E-state index is 12.4. The fourth-order valence-electron chi connectivity index (χ4n) is 3.02. The molecule has 24 heavy (non-hydrogen) atoms. The zero-order valence-corrected chi connectivity index (χ0v) is 13.9. The van der Waals surface area contributed by atoms with Gasteiger partial charge in [-0.15, -0.1) is 0 Å². The molecule has 128 valence electrons. The molecule has 6 nitrogen and oxygen atoms in total. The highest BCUT2D eigenvalue weighted by molar-refractivity contribution is 5.78. The number of nitrogens with one attached hydrogen (secondary N) is 1. The number of aromatic amines is 1. The van der Waals surface area contributed by atoms with Crippen LogP contribution < -0.4 is 4.74 Å². The van der Waals surface area contributed by atoms with Gasteiger partial charge < -0.3 is 19.7 Å². The van der Waals surface area contributed by atoms with Gasteiger partial charge in [-0.3, -0.25) is 4.79 Å². The van der Waals surface area contributed by atoms with E-state index in [9.17, 15) is 9.90 Å². The summed E-state index contributed by atoms with van der Waals surface area (Å²) in [7, 11) is 0. The molecule has 1 unspecified atom stereocenters. The Morgan fingerprint density at radius 3 is 3.12 bits per heavy atom. The summed E-state index contributed by atoms with van der Waals surface area (Å²) in [5.41, 5.74) is 0.885. The molecule has 2 aromatic rings. The van der Waals surface area contributed by atoms with Gasteiger partial charge in [-0.2, -0.15) is 0 Å². The van der Waals surface area contributed by atoms with Gasteiger partial charge in [0, 0.05) is 18.4 Å². The van der Waals surface area contributed by atoms with E-state index in [1.807, 2.05) is 31.2 Å². The van der Waals surface area contributed by atoms with E-state index in [-0.39, 0.29) is 18.9 Å². The molecule has 0 spiro atoms. The number of aromatic nitrogens is 2. The van der Waals surface area contributed by atoms with Crippen molar-refractivity contribution in [2.24, 2.45) is 0 Å². The van der Waals surface area contributed by atoms with Crippen molar-refractivity contribution < 1.29 is 14.6 Å². The van der Waals surface area contributed by atoms with Crippen molar-refractivity contribution >= 4 is 5.91 Å². The van der Waals surface area contributed by atoms with Crippen LogP contribution in [0.4, 0.5) is 0 Å². The second kappa shape index (κ2) is 7.05. The average molecular weight is 329 g/mol. The van der Waals surface area contributed by atoms with Gasteiger partial charge in [-0.1, -0.05) is 12.1 Å². The topological polar surface area (TPSA) is 78.5 Å². The van der Waals surface area contributed by atoms with E-state index < -0.39 is 5.60 Å². The van der Waals surface area contributed by atoms with Crippen LogP contribution in [0.25, 0.3) is 0 Å². The third-order valence-corrected chi connectivity index (χ3v) is 4.30. The summed E-state index contributed by atoms with van der Waals surface area (Å²) in [6, 6.07) is 7.74. The first-order chi connectivity index (χ1) is 11.5. The van der Waals surface area contributed by atoms with Crippen LogP contribution in [-0.2, 0) is 11.2 Å². The Morgan fingerprint density at radius 1 is 1.50 bits per heavy atom. The molecule has 1 aromatic carbocycles. The quantitative estimate of drug-likeness (QED) is 0.875. The number of β-amino-alcohol motifs (C(OH)–C–C–N with tert-alkyl or cyclic N) is 1. The minimum atomic E-state index is -1.01. The maximum Gasteiger partial charge on any atom is 0.228 e. The van der Waals surface area contributed by atoms with E-state index in [1.54, 1.807) is 17.4 Å². The van der Waals surface area contributed by atoms with E-state index in [2.05, 4.69) is 9.97 Å². The largest absolute Gasteiger partial charge is 0.491 e. The molecule has 0 radical (unpaired) electrons. The number of nitrogens with zero attached hydrogens (tertiary/aromatic N) is 2. The van der Waals surface area contributed by atoms with Crippen molar-refractivity contribution in [2.45, 2.75) is 31.8 Å². The van der Waals surface area contributed by atoms with Crippen LogP contribution in [-0.4, -0.2) is 51.2 Å². The Balaban J connectivity index is 1.58. The number of likely N-dealkylation sites (tertiary alicyclic amines) is 1. The number of H-pyrrole nitrogens is 1. The molecule has 0 aliphatic carbocycles. The molecule has 1 atom stereocenters. The molecule has 2 N–H and O–H groups in total. The first-order valence-corrected chi connectivity index (χ1v) is 8.21. The summed E-state index contributed by atoms with van der Waals surface area (Å²) in [4.78, 5) is 21.0. The minimum absolute atomic E-state index is 0.00655. The van der Waals surface area contributed by atoms with Gasteiger partial charge in [0.1, 0.15) is 18.0 Å². The Kier molecular flexibility index (Phi) is 4.85. The predicted octanol–water partition coefficient (Wildman–Crippen LogP) is 1.69. The van der Waals surface area contributed by atoms with Gasteiger partial charge in [0.2, 0.25) is 5.91 Å². The van der Waals surface area contributed by atoms with Crippen molar-refractivity contribution in [1.82, 2.24) is 14.9 Å². The lowest BCUT2D eigenvalue weighted by Gasteiger charge is -2.39. The highest BCUT2D eigenvalue weighted by Crippen LogP contribution is 2.23. The number of carbonyl (C=O) groups is 1. The second-order valence-corrected chi connectivity index (χ2v) is 6.50. The van der Waals surface area contributed by atoms with Crippen molar-refractivity contribution in [1.29, 1.82) is 0 Å². The fraction of sp³-hybridized carbons (Fsp3) is 0.444. The number of ether oxygens (including phenoxy) is 1. The molecule has 0 bridgehead atoms. The monoisotopic (exact) mass is 329 g/mol. The number of rotatable bonds is 5. The van der Waals surface area contributed by atoms with Crippen molar-refractivity contribution in [2.75, 3.05) is 19.7 Å². The van der Waals surface area contributed by atoms with E-state index in [0.29, 0.717) is 19.5 Å². The Hall–Kier alpha value is -2.34. The Labute approximate surface area is 141 Å². The molecule has 6 heteroatoms. The van der Waals surface area contributed by atoms with Gasteiger partial charge in [-0.25, -0.2) is 4.98 Å². The number of piperidine rings is 1. The lowest BCUT2D eigenvalue weighted by atomic mass is 9.93. The summed E-state index contributed by atoms with van der Waals surface area (Å²) in [6.07, 6.45) is 4.88. The summed E-state index contributed by atoms with van der Waals surface area (Å²) in [5, 5.41) is 10.8. The Morgan fingerprint density at radius 2 is 2.38 bits per heavy atom. The molecule has 3 rings (SSSR count).